The predicted molar refractivity (Wildman–Crippen MR) is 124 cm³/mol. The smallest absolute Gasteiger partial charge is 0.407 e. The third kappa shape index (κ3) is 5.45. The molecule has 0 bridgehead atoms. The van der Waals surface area contributed by atoms with Gasteiger partial charge >= 0.3 is 6.09 Å². The molecular formula is C26H28FN3O2. The van der Waals surface area contributed by atoms with Gasteiger partial charge in [0, 0.05) is 37.9 Å². The Kier molecular flexibility index (Phi) is 6.71. The van der Waals surface area contributed by atoms with E-state index in [1.54, 1.807) is 12.1 Å². The number of anilines is 1. The van der Waals surface area contributed by atoms with Crippen LogP contribution < -0.4 is 5.73 Å². The summed E-state index contributed by atoms with van der Waals surface area (Å²) in [7, 11) is 0. The van der Waals surface area contributed by atoms with Gasteiger partial charge in [0.1, 0.15) is 5.82 Å². The number of carbonyl (C=O) groups is 1. The van der Waals surface area contributed by atoms with Crippen LogP contribution in [0.5, 0.6) is 0 Å². The summed E-state index contributed by atoms with van der Waals surface area (Å²) in [6.07, 6.45) is 0.743. The average molecular weight is 434 g/mol. The number of carboxylic acid groups (broad SMARTS) is 1. The van der Waals surface area contributed by atoms with E-state index < -0.39 is 6.09 Å². The van der Waals surface area contributed by atoms with Gasteiger partial charge in [0.2, 0.25) is 0 Å². The molecule has 3 N–H and O–H groups in total. The molecule has 1 unspecified atom stereocenters. The molecule has 0 saturated heterocycles. The maximum absolute atomic E-state index is 13.3. The Labute approximate surface area is 187 Å². The summed E-state index contributed by atoms with van der Waals surface area (Å²) in [5.74, 6) is -0.237. The van der Waals surface area contributed by atoms with Crippen LogP contribution in [0.3, 0.4) is 0 Å². The highest BCUT2D eigenvalue weighted by molar-refractivity contribution is 5.65. The number of halogens is 1. The maximum atomic E-state index is 13.3. The Morgan fingerprint density at radius 1 is 1.00 bits per heavy atom. The summed E-state index contributed by atoms with van der Waals surface area (Å²) in [5.41, 5.74) is 11.0. The van der Waals surface area contributed by atoms with E-state index >= 15 is 0 Å². The van der Waals surface area contributed by atoms with Gasteiger partial charge in [0.25, 0.3) is 0 Å². The molecule has 166 valence electrons. The van der Waals surface area contributed by atoms with Crippen molar-refractivity contribution in [1.82, 2.24) is 9.80 Å². The predicted octanol–water partition coefficient (Wildman–Crippen LogP) is 4.56. The second-order valence-corrected chi connectivity index (χ2v) is 8.37. The fraction of sp³-hybridized carbons (Fsp3) is 0.269. The molecule has 0 saturated carbocycles. The third-order valence-corrected chi connectivity index (χ3v) is 6.13. The molecule has 1 aliphatic heterocycles. The minimum absolute atomic E-state index is 0.225. The summed E-state index contributed by atoms with van der Waals surface area (Å²) in [6, 6.07) is 22.6. The van der Waals surface area contributed by atoms with Crippen LogP contribution in [0.25, 0.3) is 0 Å². The lowest BCUT2D eigenvalue weighted by molar-refractivity contribution is 0.116. The summed E-state index contributed by atoms with van der Waals surface area (Å²) >= 11 is 0. The van der Waals surface area contributed by atoms with Crippen molar-refractivity contribution < 1.29 is 14.3 Å². The molecule has 5 nitrogen and oxygen atoms in total. The van der Waals surface area contributed by atoms with Crippen LogP contribution in [-0.4, -0.2) is 40.1 Å². The molecule has 0 fully saturated rings. The van der Waals surface area contributed by atoms with Crippen molar-refractivity contribution in [2.45, 2.75) is 32.0 Å². The number of fused-ring (bicyclic) bond motifs is 1. The van der Waals surface area contributed by atoms with Crippen LogP contribution in [0.2, 0.25) is 0 Å². The Bertz CT molecular complexity index is 1050. The lowest BCUT2D eigenvalue weighted by Crippen LogP contribution is -2.46. The number of hydrogen-bond donors (Lipinski definition) is 2. The first-order valence-corrected chi connectivity index (χ1v) is 10.9. The number of amides is 1. The molecule has 1 amide bonds. The topological polar surface area (TPSA) is 69.8 Å². The zero-order valence-electron chi connectivity index (χ0n) is 18.0. The van der Waals surface area contributed by atoms with Crippen LogP contribution in [0.4, 0.5) is 14.9 Å². The minimum atomic E-state index is -0.936. The van der Waals surface area contributed by atoms with Gasteiger partial charge in [-0.2, -0.15) is 0 Å². The first-order chi connectivity index (χ1) is 15.5. The van der Waals surface area contributed by atoms with Crippen molar-refractivity contribution in [2.24, 2.45) is 0 Å². The lowest BCUT2D eigenvalue weighted by Gasteiger charge is -2.38. The van der Waals surface area contributed by atoms with Gasteiger partial charge in [-0.05, 0) is 59.4 Å². The second-order valence-electron chi connectivity index (χ2n) is 8.37. The molecule has 1 heterocycles. The van der Waals surface area contributed by atoms with Crippen molar-refractivity contribution in [3.8, 4) is 0 Å². The van der Waals surface area contributed by atoms with Gasteiger partial charge in [-0.1, -0.05) is 48.5 Å². The van der Waals surface area contributed by atoms with Crippen LogP contribution in [-0.2, 0) is 25.9 Å². The normalized spacial score (nSPS) is 15.8. The summed E-state index contributed by atoms with van der Waals surface area (Å²) in [4.78, 5) is 15.7. The van der Waals surface area contributed by atoms with E-state index in [9.17, 15) is 14.3 Å². The molecule has 0 aliphatic carbocycles. The SMILES string of the molecule is Nc1ccc(CN(CCN2Cc3ccccc3CC2Cc2ccc(F)cc2)C(=O)O)cc1. The van der Waals surface area contributed by atoms with Gasteiger partial charge in [0.15, 0.2) is 0 Å². The van der Waals surface area contributed by atoms with Crippen molar-refractivity contribution in [2.75, 3.05) is 18.8 Å². The molecule has 3 aromatic rings. The first-order valence-electron chi connectivity index (χ1n) is 10.9. The van der Waals surface area contributed by atoms with E-state index in [4.69, 9.17) is 5.73 Å². The second kappa shape index (κ2) is 9.83. The standard InChI is InChI=1S/C26H28FN3O2/c27-23-9-5-19(6-10-23)15-25-16-21-3-1-2-4-22(21)18-29(25)13-14-30(26(31)32)17-20-7-11-24(28)12-8-20/h1-12,25H,13-18,28H2,(H,31,32). The highest BCUT2D eigenvalue weighted by Crippen LogP contribution is 2.25. The van der Waals surface area contributed by atoms with Crippen LogP contribution >= 0.6 is 0 Å². The molecule has 0 spiro atoms. The summed E-state index contributed by atoms with van der Waals surface area (Å²) < 4.78 is 13.3. The third-order valence-electron chi connectivity index (χ3n) is 6.13. The van der Waals surface area contributed by atoms with Crippen LogP contribution in [0, 0.1) is 5.82 Å². The Balaban J connectivity index is 1.48. The number of nitrogens with two attached hydrogens (primary N) is 1. The van der Waals surface area contributed by atoms with Crippen LogP contribution in [0.15, 0.2) is 72.8 Å². The molecule has 1 aliphatic rings. The van der Waals surface area contributed by atoms with Crippen molar-refractivity contribution in [1.29, 1.82) is 0 Å². The molecule has 0 aromatic heterocycles. The van der Waals surface area contributed by atoms with E-state index in [1.165, 1.54) is 28.2 Å². The van der Waals surface area contributed by atoms with Gasteiger partial charge in [-0.25, -0.2) is 9.18 Å². The van der Waals surface area contributed by atoms with E-state index in [-0.39, 0.29) is 11.9 Å². The molecule has 32 heavy (non-hydrogen) atoms. The number of rotatable bonds is 7. The maximum Gasteiger partial charge on any atom is 0.407 e. The Hall–Kier alpha value is -3.38. The van der Waals surface area contributed by atoms with Gasteiger partial charge < -0.3 is 15.7 Å². The van der Waals surface area contributed by atoms with Crippen LogP contribution in [0.1, 0.15) is 22.3 Å². The number of hydrogen-bond acceptors (Lipinski definition) is 3. The largest absolute Gasteiger partial charge is 0.465 e. The summed E-state index contributed by atoms with van der Waals surface area (Å²) in [6.45, 7) is 2.13. The molecule has 0 radical (unpaired) electrons. The van der Waals surface area contributed by atoms with E-state index in [0.717, 1.165) is 30.5 Å². The fourth-order valence-electron chi connectivity index (χ4n) is 4.33. The monoisotopic (exact) mass is 433 g/mol. The average Bonchev–Trinajstić information content (AvgIpc) is 2.79. The van der Waals surface area contributed by atoms with E-state index in [0.29, 0.717) is 25.3 Å². The highest BCUT2D eigenvalue weighted by atomic mass is 19.1. The zero-order valence-corrected chi connectivity index (χ0v) is 18.0. The fourth-order valence-corrected chi connectivity index (χ4v) is 4.33. The Morgan fingerprint density at radius 2 is 1.66 bits per heavy atom. The van der Waals surface area contributed by atoms with Gasteiger partial charge in [-0.3, -0.25) is 4.90 Å². The van der Waals surface area contributed by atoms with Gasteiger partial charge in [0.05, 0.1) is 0 Å². The highest BCUT2D eigenvalue weighted by Gasteiger charge is 2.27. The zero-order chi connectivity index (χ0) is 22.5. The molecule has 6 heteroatoms. The van der Waals surface area contributed by atoms with E-state index in [1.807, 2.05) is 30.3 Å². The van der Waals surface area contributed by atoms with Crippen molar-refractivity contribution in [3.63, 3.8) is 0 Å². The van der Waals surface area contributed by atoms with Crippen molar-refractivity contribution >= 4 is 11.8 Å². The number of benzene rings is 3. The van der Waals surface area contributed by atoms with E-state index in [2.05, 4.69) is 23.1 Å². The minimum Gasteiger partial charge on any atom is -0.465 e. The molecule has 4 rings (SSSR count). The molecule has 3 aromatic carbocycles. The quantitative estimate of drug-likeness (QED) is 0.536. The lowest BCUT2D eigenvalue weighted by atomic mass is 9.90. The molecular weight excluding hydrogens is 405 g/mol. The number of nitrogen functional groups attached to an aromatic ring is 1. The molecule has 1 atom stereocenters. The Morgan fingerprint density at radius 3 is 2.34 bits per heavy atom. The van der Waals surface area contributed by atoms with Gasteiger partial charge in [-0.15, -0.1) is 0 Å². The number of nitrogens with zero attached hydrogens (tertiary/aromatic N) is 2. The van der Waals surface area contributed by atoms with Crippen molar-refractivity contribution in [3.05, 3.63) is 101 Å². The first kappa shape index (κ1) is 21.8. The summed E-state index contributed by atoms with van der Waals surface area (Å²) in [5, 5.41) is 9.75.